The molecule has 0 aromatic heterocycles. The van der Waals surface area contributed by atoms with Gasteiger partial charge in [-0.3, -0.25) is 4.90 Å². The van der Waals surface area contributed by atoms with Crippen molar-refractivity contribution in [3.8, 4) is 0 Å². The van der Waals surface area contributed by atoms with Crippen LogP contribution >= 0.6 is 0 Å². The van der Waals surface area contributed by atoms with Crippen LogP contribution in [-0.2, 0) is 0 Å². The summed E-state index contributed by atoms with van der Waals surface area (Å²) < 4.78 is 13.2. The number of hydrogen-bond donors (Lipinski definition) is 2. The molecule has 0 unspecified atom stereocenters. The minimum absolute atomic E-state index is 0.117. The summed E-state index contributed by atoms with van der Waals surface area (Å²) in [4.78, 5) is 16.7. The van der Waals surface area contributed by atoms with Gasteiger partial charge in [0.2, 0.25) is 0 Å². The number of hydrogen-bond acceptors (Lipinski definition) is 3. The number of nitrogens with one attached hydrogen (secondary N) is 1. The summed E-state index contributed by atoms with van der Waals surface area (Å²) >= 11 is 0. The van der Waals surface area contributed by atoms with Crippen molar-refractivity contribution in [2.75, 3.05) is 38.1 Å². The first kappa shape index (κ1) is 18.7. The van der Waals surface area contributed by atoms with Gasteiger partial charge < -0.3 is 15.3 Å². The second kappa shape index (κ2) is 8.44. The lowest BCUT2D eigenvalue weighted by Gasteiger charge is -2.42. The van der Waals surface area contributed by atoms with Crippen molar-refractivity contribution in [1.82, 2.24) is 9.80 Å². The second-order valence-electron chi connectivity index (χ2n) is 6.89. The Bertz CT molecular complexity index is 565. The zero-order valence-corrected chi connectivity index (χ0v) is 14.8. The first-order valence-corrected chi connectivity index (χ1v) is 8.57. The number of halogens is 1. The van der Waals surface area contributed by atoms with Gasteiger partial charge in [-0.25, -0.2) is 9.18 Å². The maximum absolute atomic E-state index is 13.2. The van der Waals surface area contributed by atoms with Gasteiger partial charge in [0.05, 0.1) is 0 Å². The summed E-state index contributed by atoms with van der Waals surface area (Å²) in [6.07, 6.45) is 0.659. The molecular weight excluding hydrogens is 309 g/mol. The maximum atomic E-state index is 13.2. The van der Waals surface area contributed by atoms with Crippen LogP contribution in [0.25, 0.3) is 0 Å². The minimum Gasteiger partial charge on any atom is -0.396 e. The molecule has 0 bridgehead atoms. The lowest BCUT2D eigenvalue weighted by atomic mass is 10.1. The molecule has 0 radical (unpaired) electrons. The van der Waals surface area contributed by atoms with E-state index in [1.165, 1.54) is 12.1 Å². The lowest BCUT2D eigenvalue weighted by molar-refractivity contribution is 0.0689. The van der Waals surface area contributed by atoms with Crippen molar-refractivity contribution in [1.29, 1.82) is 0 Å². The third-order valence-electron chi connectivity index (χ3n) is 4.38. The fraction of sp³-hybridized carbons (Fsp3) is 0.611. The van der Waals surface area contributed by atoms with Gasteiger partial charge in [-0.1, -0.05) is 13.8 Å². The average Bonchev–Trinajstić information content (AvgIpc) is 2.51. The van der Waals surface area contributed by atoms with Gasteiger partial charge in [-0.05, 0) is 43.0 Å². The fourth-order valence-electron chi connectivity index (χ4n) is 3.17. The number of carbonyl (C=O) groups is 1. The highest BCUT2D eigenvalue weighted by atomic mass is 19.1. The topological polar surface area (TPSA) is 55.8 Å². The van der Waals surface area contributed by atoms with Crippen molar-refractivity contribution in [2.45, 2.75) is 33.2 Å². The van der Waals surface area contributed by atoms with Crippen molar-refractivity contribution >= 4 is 11.7 Å². The number of aryl methyl sites for hydroxylation is 1. The Morgan fingerprint density at radius 1 is 1.42 bits per heavy atom. The second-order valence-corrected chi connectivity index (χ2v) is 6.89. The zero-order chi connectivity index (χ0) is 17.7. The number of urea groups is 1. The zero-order valence-electron chi connectivity index (χ0n) is 14.8. The first-order valence-electron chi connectivity index (χ1n) is 8.57. The SMILES string of the molecule is Cc1cc(F)ccc1NC(=O)N1CCN(CC(C)C)[C@@H](CCO)C1. The van der Waals surface area contributed by atoms with E-state index in [0.717, 1.165) is 13.1 Å². The third-order valence-corrected chi connectivity index (χ3v) is 4.38. The summed E-state index contributed by atoms with van der Waals surface area (Å²) in [7, 11) is 0. The molecule has 134 valence electrons. The van der Waals surface area contributed by atoms with Crippen molar-refractivity contribution in [3.63, 3.8) is 0 Å². The van der Waals surface area contributed by atoms with E-state index in [0.29, 0.717) is 36.7 Å². The van der Waals surface area contributed by atoms with Crippen LogP contribution < -0.4 is 5.32 Å². The number of aliphatic hydroxyl groups is 1. The lowest BCUT2D eigenvalue weighted by Crippen LogP contribution is -2.56. The molecule has 1 aliphatic heterocycles. The first-order chi connectivity index (χ1) is 11.4. The molecule has 1 aromatic carbocycles. The molecular formula is C18H28FN3O2. The van der Waals surface area contributed by atoms with Crippen LogP contribution in [0.3, 0.4) is 0 Å². The number of nitrogens with zero attached hydrogens (tertiary/aromatic N) is 2. The van der Waals surface area contributed by atoms with Gasteiger partial charge in [0.15, 0.2) is 0 Å². The number of rotatable bonds is 5. The predicted octanol–water partition coefficient (Wildman–Crippen LogP) is 2.69. The number of carbonyl (C=O) groups excluding carboxylic acids is 1. The van der Waals surface area contributed by atoms with Crippen molar-refractivity contribution in [2.24, 2.45) is 5.92 Å². The van der Waals surface area contributed by atoms with Gasteiger partial charge in [-0.15, -0.1) is 0 Å². The van der Waals surface area contributed by atoms with Gasteiger partial charge in [0.1, 0.15) is 5.82 Å². The molecule has 1 aromatic rings. The average molecular weight is 337 g/mol. The summed E-state index contributed by atoms with van der Waals surface area (Å²) in [5.41, 5.74) is 1.33. The maximum Gasteiger partial charge on any atom is 0.321 e. The highest BCUT2D eigenvalue weighted by molar-refractivity contribution is 5.90. The molecule has 2 N–H and O–H groups in total. The fourth-order valence-corrected chi connectivity index (χ4v) is 3.17. The molecule has 1 saturated heterocycles. The smallest absolute Gasteiger partial charge is 0.321 e. The minimum atomic E-state index is -0.309. The molecule has 1 heterocycles. The number of piperazine rings is 1. The van der Waals surface area contributed by atoms with Crippen LogP contribution in [0.4, 0.5) is 14.9 Å². The van der Waals surface area contributed by atoms with Gasteiger partial charge in [-0.2, -0.15) is 0 Å². The molecule has 6 heteroatoms. The molecule has 5 nitrogen and oxygen atoms in total. The molecule has 0 aliphatic carbocycles. The predicted molar refractivity (Wildman–Crippen MR) is 93.6 cm³/mol. The van der Waals surface area contributed by atoms with Crippen LogP contribution in [0.1, 0.15) is 25.8 Å². The van der Waals surface area contributed by atoms with E-state index >= 15 is 0 Å². The van der Waals surface area contributed by atoms with Crippen LogP contribution in [0, 0.1) is 18.7 Å². The van der Waals surface area contributed by atoms with Gasteiger partial charge in [0, 0.05) is 44.5 Å². The van der Waals surface area contributed by atoms with Crippen LogP contribution in [0.15, 0.2) is 18.2 Å². The molecule has 0 spiro atoms. The molecule has 0 saturated carbocycles. The van der Waals surface area contributed by atoms with Crippen LogP contribution in [-0.4, -0.2) is 59.8 Å². The molecule has 24 heavy (non-hydrogen) atoms. The Labute approximate surface area is 143 Å². The monoisotopic (exact) mass is 337 g/mol. The van der Waals surface area contributed by atoms with Crippen molar-refractivity contribution < 1.29 is 14.3 Å². The summed E-state index contributed by atoms with van der Waals surface area (Å²) in [6.45, 7) is 9.26. The van der Waals surface area contributed by atoms with E-state index < -0.39 is 0 Å². The molecule has 2 amide bonds. The number of aliphatic hydroxyl groups excluding tert-OH is 1. The highest BCUT2D eigenvalue weighted by Crippen LogP contribution is 2.19. The summed E-state index contributed by atoms with van der Waals surface area (Å²) in [5, 5.41) is 12.2. The number of anilines is 1. The van der Waals surface area contributed by atoms with E-state index in [4.69, 9.17) is 0 Å². The summed E-state index contributed by atoms with van der Waals surface area (Å²) in [5.74, 6) is 0.240. The molecule has 2 rings (SSSR count). The van der Waals surface area contributed by atoms with Crippen LogP contribution in [0.2, 0.25) is 0 Å². The van der Waals surface area contributed by atoms with Crippen LogP contribution in [0.5, 0.6) is 0 Å². The van der Waals surface area contributed by atoms with Gasteiger partial charge in [0.25, 0.3) is 0 Å². The Balaban J connectivity index is 2.00. The third kappa shape index (κ3) is 4.92. The van der Waals surface area contributed by atoms with Crippen molar-refractivity contribution in [3.05, 3.63) is 29.6 Å². The van der Waals surface area contributed by atoms with Gasteiger partial charge >= 0.3 is 6.03 Å². The normalized spacial score (nSPS) is 18.9. The van der Waals surface area contributed by atoms with E-state index in [-0.39, 0.29) is 24.5 Å². The molecule has 1 atom stereocenters. The Hall–Kier alpha value is -1.66. The van der Waals surface area contributed by atoms with E-state index in [9.17, 15) is 14.3 Å². The quantitative estimate of drug-likeness (QED) is 0.868. The number of amides is 2. The Kier molecular flexibility index (Phi) is 6.57. The molecule has 1 fully saturated rings. The Morgan fingerprint density at radius 3 is 2.79 bits per heavy atom. The number of benzene rings is 1. The summed E-state index contributed by atoms with van der Waals surface area (Å²) in [6, 6.07) is 4.34. The van der Waals surface area contributed by atoms with E-state index in [1.807, 2.05) is 0 Å². The largest absolute Gasteiger partial charge is 0.396 e. The highest BCUT2D eigenvalue weighted by Gasteiger charge is 2.29. The standard InChI is InChI=1S/C18H28FN3O2/c1-13(2)11-21-7-8-22(12-16(21)6-9-23)18(24)20-17-5-4-15(19)10-14(17)3/h4-5,10,13,16,23H,6-9,11-12H2,1-3H3,(H,20,24)/t16-/m0/s1. The van der Waals surface area contributed by atoms with E-state index in [2.05, 4.69) is 24.1 Å². The molecule has 1 aliphatic rings. The van der Waals surface area contributed by atoms with E-state index in [1.54, 1.807) is 17.9 Å². The Morgan fingerprint density at radius 2 is 2.17 bits per heavy atom.